The molecule has 1 fully saturated rings. The maximum atomic E-state index is 8.76. The van der Waals surface area contributed by atoms with Crippen LogP contribution in [0.2, 0.25) is 0 Å². The summed E-state index contributed by atoms with van der Waals surface area (Å²) in [5, 5.41) is 12.2. The molecule has 0 radical (unpaired) electrons. The van der Waals surface area contributed by atoms with Gasteiger partial charge in [-0.05, 0) is 50.6 Å². The average molecular weight is 258 g/mol. The monoisotopic (exact) mass is 258 g/mol. The van der Waals surface area contributed by atoms with E-state index in [1.54, 1.807) is 0 Å². The maximum absolute atomic E-state index is 8.76. The number of likely N-dealkylation sites (N-methyl/N-ethyl adjacent to an activating group) is 1. The van der Waals surface area contributed by atoms with Gasteiger partial charge in [0.15, 0.2) is 0 Å². The van der Waals surface area contributed by atoms with Crippen molar-refractivity contribution in [3.05, 3.63) is 23.8 Å². The summed E-state index contributed by atoms with van der Waals surface area (Å²) in [7, 11) is 2.19. The summed E-state index contributed by atoms with van der Waals surface area (Å²) in [6, 6.07) is 9.23. The molecule has 0 heterocycles. The first kappa shape index (κ1) is 13.7. The highest BCUT2D eigenvalue weighted by molar-refractivity contribution is 5.58. The molecule has 102 valence electrons. The number of nitrogen functional groups attached to an aromatic ring is 1. The van der Waals surface area contributed by atoms with Crippen LogP contribution in [0.3, 0.4) is 0 Å². The van der Waals surface area contributed by atoms with Gasteiger partial charge in [0.2, 0.25) is 0 Å². The lowest BCUT2D eigenvalue weighted by atomic mass is 10.1. The number of anilines is 2. The number of hydrogen-bond acceptors (Lipinski definition) is 4. The predicted molar refractivity (Wildman–Crippen MR) is 78.9 cm³/mol. The summed E-state index contributed by atoms with van der Waals surface area (Å²) in [6.07, 6.45) is 3.02. The van der Waals surface area contributed by atoms with Crippen LogP contribution >= 0.6 is 0 Å². The lowest BCUT2D eigenvalue weighted by molar-refractivity contribution is 0.257. The number of rotatable bonds is 6. The Balaban J connectivity index is 1.91. The molecule has 0 spiro atoms. The molecular formula is C15H22N4. The molecule has 1 aliphatic rings. The molecule has 4 heteroatoms. The normalized spacial score (nSPS) is 16.1. The van der Waals surface area contributed by atoms with Crippen LogP contribution in [0.25, 0.3) is 0 Å². The Labute approximate surface area is 115 Å². The zero-order valence-corrected chi connectivity index (χ0v) is 11.7. The number of benzene rings is 1. The van der Waals surface area contributed by atoms with Gasteiger partial charge in [-0.2, -0.15) is 5.26 Å². The molecule has 0 aromatic heterocycles. The van der Waals surface area contributed by atoms with E-state index in [1.807, 2.05) is 18.2 Å². The Morgan fingerprint density at radius 3 is 2.89 bits per heavy atom. The van der Waals surface area contributed by atoms with Gasteiger partial charge >= 0.3 is 0 Å². The van der Waals surface area contributed by atoms with Crippen molar-refractivity contribution in [1.29, 1.82) is 5.26 Å². The van der Waals surface area contributed by atoms with Crippen molar-refractivity contribution in [3.8, 4) is 6.07 Å². The predicted octanol–water partition coefficient (Wildman–Crippen LogP) is 2.23. The molecule has 0 saturated heterocycles. The van der Waals surface area contributed by atoms with Crippen molar-refractivity contribution in [2.75, 3.05) is 24.6 Å². The van der Waals surface area contributed by atoms with E-state index in [-0.39, 0.29) is 0 Å². The van der Waals surface area contributed by atoms with Crippen molar-refractivity contribution < 1.29 is 0 Å². The second-order valence-corrected chi connectivity index (χ2v) is 5.38. The zero-order valence-electron chi connectivity index (χ0n) is 11.7. The van der Waals surface area contributed by atoms with Crippen LogP contribution in [0.5, 0.6) is 0 Å². The number of nitriles is 1. The van der Waals surface area contributed by atoms with Gasteiger partial charge in [-0.15, -0.1) is 0 Å². The molecule has 19 heavy (non-hydrogen) atoms. The molecule has 1 atom stereocenters. The number of nitrogens with two attached hydrogens (primary N) is 1. The number of nitrogens with one attached hydrogen (secondary N) is 1. The van der Waals surface area contributed by atoms with Crippen molar-refractivity contribution in [3.63, 3.8) is 0 Å². The molecule has 0 amide bonds. The fraction of sp³-hybridized carbons (Fsp3) is 0.533. The minimum absolute atomic E-state index is 0.360. The quantitative estimate of drug-likeness (QED) is 0.768. The fourth-order valence-corrected chi connectivity index (χ4v) is 2.21. The third-order valence-electron chi connectivity index (χ3n) is 3.83. The molecule has 4 nitrogen and oxygen atoms in total. The first-order valence-corrected chi connectivity index (χ1v) is 6.83. The molecule has 1 aromatic rings. The van der Waals surface area contributed by atoms with Crippen molar-refractivity contribution in [2.45, 2.75) is 38.3 Å². The van der Waals surface area contributed by atoms with E-state index >= 15 is 0 Å². The summed E-state index contributed by atoms with van der Waals surface area (Å²) in [5.74, 6) is 0. The number of nitrogens with zero attached hydrogens (tertiary/aromatic N) is 2. The first-order chi connectivity index (χ1) is 9.11. The lowest BCUT2D eigenvalue weighted by Crippen LogP contribution is -2.36. The van der Waals surface area contributed by atoms with E-state index in [0.29, 0.717) is 18.2 Å². The summed E-state index contributed by atoms with van der Waals surface area (Å²) in [5.41, 5.74) is 8.47. The van der Waals surface area contributed by atoms with E-state index in [2.05, 4.69) is 30.3 Å². The van der Waals surface area contributed by atoms with Gasteiger partial charge in [-0.3, -0.25) is 4.90 Å². The average Bonchev–Trinajstić information content (AvgIpc) is 3.23. The SMILES string of the molecule is CC(CNc1ccc(N)c(CC#N)c1)N(C)C1CC1. The number of hydrogen-bond donors (Lipinski definition) is 2. The maximum Gasteiger partial charge on any atom is 0.0670 e. The minimum atomic E-state index is 0.360. The highest BCUT2D eigenvalue weighted by Crippen LogP contribution is 2.27. The third-order valence-corrected chi connectivity index (χ3v) is 3.83. The Morgan fingerprint density at radius 2 is 2.26 bits per heavy atom. The molecule has 1 aromatic carbocycles. The van der Waals surface area contributed by atoms with Gasteiger partial charge in [0.05, 0.1) is 12.5 Å². The molecule has 3 N–H and O–H groups in total. The van der Waals surface area contributed by atoms with Gasteiger partial charge < -0.3 is 11.1 Å². The van der Waals surface area contributed by atoms with Crippen molar-refractivity contribution in [2.24, 2.45) is 0 Å². The molecule has 1 saturated carbocycles. The van der Waals surface area contributed by atoms with Crippen LogP contribution in [-0.4, -0.2) is 30.6 Å². The third kappa shape index (κ3) is 3.62. The molecule has 0 aliphatic heterocycles. The first-order valence-electron chi connectivity index (χ1n) is 6.83. The van der Waals surface area contributed by atoms with Crippen LogP contribution in [0, 0.1) is 11.3 Å². The summed E-state index contributed by atoms with van der Waals surface area (Å²) in [4.78, 5) is 2.43. The lowest BCUT2D eigenvalue weighted by Gasteiger charge is -2.25. The van der Waals surface area contributed by atoms with Gasteiger partial charge in [0.1, 0.15) is 0 Å². The van der Waals surface area contributed by atoms with Gasteiger partial charge in [0.25, 0.3) is 0 Å². The van der Waals surface area contributed by atoms with Gasteiger partial charge in [0, 0.05) is 30.0 Å². The Bertz CT molecular complexity index is 474. The fourth-order valence-electron chi connectivity index (χ4n) is 2.21. The van der Waals surface area contributed by atoms with E-state index < -0.39 is 0 Å². The smallest absolute Gasteiger partial charge is 0.0670 e. The van der Waals surface area contributed by atoms with Crippen LogP contribution in [0.1, 0.15) is 25.3 Å². The standard InChI is InChI=1S/C15H22N4/c1-11(19(2)14-4-5-14)10-18-13-3-6-15(17)12(9-13)7-8-16/h3,6,9,11,14,18H,4-5,7,10,17H2,1-2H3. The second kappa shape index (κ2) is 5.94. The minimum Gasteiger partial charge on any atom is -0.398 e. The Morgan fingerprint density at radius 1 is 1.53 bits per heavy atom. The van der Waals surface area contributed by atoms with E-state index in [0.717, 1.165) is 23.8 Å². The molecular weight excluding hydrogens is 236 g/mol. The Kier molecular flexibility index (Phi) is 4.28. The van der Waals surface area contributed by atoms with E-state index in [4.69, 9.17) is 11.0 Å². The van der Waals surface area contributed by atoms with Gasteiger partial charge in [-0.1, -0.05) is 0 Å². The highest BCUT2D eigenvalue weighted by Gasteiger charge is 2.28. The molecule has 2 rings (SSSR count). The summed E-state index contributed by atoms with van der Waals surface area (Å²) in [6.45, 7) is 3.14. The van der Waals surface area contributed by atoms with Crippen LogP contribution in [0.15, 0.2) is 18.2 Å². The highest BCUT2D eigenvalue weighted by atomic mass is 15.2. The van der Waals surface area contributed by atoms with Crippen molar-refractivity contribution in [1.82, 2.24) is 4.90 Å². The molecule has 1 aliphatic carbocycles. The van der Waals surface area contributed by atoms with Crippen LogP contribution in [0.4, 0.5) is 11.4 Å². The summed E-state index contributed by atoms with van der Waals surface area (Å²) < 4.78 is 0. The second-order valence-electron chi connectivity index (χ2n) is 5.38. The van der Waals surface area contributed by atoms with E-state index in [9.17, 15) is 0 Å². The summed E-state index contributed by atoms with van der Waals surface area (Å²) >= 11 is 0. The van der Waals surface area contributed by atoms with Gasteiger partial charge in [-0.25, -0.2) is 0 Å². The van der Waals surface area contributed by atoms with Crippen LogP contribution in [-0.2, 0) is 6.42 Å². The Hall–Kier alpha value is -1.73. The topological polar surface area (TPSA) is 65.1 Å². The molecule has 0 bridgehead atoms. The zero-order chi connectivity index (χ0) is 13.8. The van der Waals surface area contributed by atoms with E-state index in [1.165, 1.54) is 12.8 Å². The largest absolute Gasteiger partial charge is 0.398 e. The van der Waals surface area contributed by atoms with Crippen LogP contribution < -0.4 is 11.1 Å². The van der Waals surface area contributed by atoms with Crippen molar-refractivity contribution >= 4 is 11.4 Å². The molecule has 1 unspecified atom stereocenters.